The molecule has 2 aromatic heterocycles. The summed E-state index contributed by atoms with van der Waals surface area (Å²) in [5, 5.41) is 11.5. The highest BCUT2D eigenvalue weighted by atomic mass is 15.4. The topological polar surface area (TPSA) is 74.5 Å². The minimum absolute atomic E-state index is 0.685. The van der Waals surface area contributed by atoms with E-state index in [4.69, 9.17) is 4.99 Å². The summed E-state index contributed by atoms with van der Waals surface area (Å²) < 4.78 is 2.06. The van der Waals surface area contributed by atoms with Gasteiger partial charge < -0.3 is 19.7 Å². The number of aromatic nitrogens is 4. The van der Waals surface area contributed by atoms with Crippen molar-refractivity contribution in [3.05, 3.63) is 49.2 Å². The van der Waals surface area contributed by atoms with Crippen LogP contribution in [0.15, 0.2) is 48.4 Å². The number of pyridine rings is 1. The number of nitrogens with one attached hydrogen (secondary N) is 1. The van der Waals surface area contributed by atoms with Crippen LogP contribution in [0.2, 0.25) is 0 Å². The SMILES string of the molecule is C=CCNC(=NCCn1cnnc1CC)N1CCN(c2ccccn2)CC1. The van der Waals surface area contributed by atoms with Crippen LogP contribution in [0.3, 0.4) is 0 Å². The van der Waals surface area contributed by atoms with Gasteiger partial charge in [-0.2, -0.15) is 0 Å². The van der Waals surface area contributed by atoms with Crippen LogP contribution in [0.5, 0.6) is 0 Å². The summed E-state index contributed by atoms with van der Waals surface area (Å²) in [5.74, 6) is 2.96. The molecule has 0 spiro atoms. The molecule has 0 bridgehead atoms. The molecular formula is C19H28N8. The van der Waals surface area contributed by atoms with Gasteiger partial charge in [-0.05, 0) is 12.1 Å². The second-order valence-corrected chi connectivity index (χ2v) is 6.33. The first-order valence-electron chi connectivity index (χ1n) is 9.48. The molecule has 1 N–H and O–H groups in total. The molecule has 27 heavy (non-hydrogen) atoms. The predicted molar refractivity (Wildman–Crippen MR) is 108 cm³/mol. The van der Waals surface area contributed by atoms with E-state index in [0.29, 0.717) is 13.1 Å². The van der Waals surface area contributed by atoms with E-state index >= 15 is 0 Å². The van der Waals surface area contributed by atoms with Crippen molar-refractivity contribution in [2.75, 3.05) is 44.2 Å². The van der Waals surface area contributed by atoms with Crippen molar-refractivity contribution in [3.8, 4) is 0 Å². The summed E-state index contributed by atoms with van der Waals surface area (Å²) in [6, 6.07) is 6.04. The number of hydrogen-bond donors (Lipinski definition) is 1. The lowest BCUT2D eigenvalue weighted by atomic mass is 10.3. The van der Waals surface area contributed by atoms with E-state index in [1.165, 1.54) is 0 Å². The van der Waals surface area contributed by atoms with Gasteiger partial charge in [-0.15, -0.1) is 16.8 Å². The molecule has 1 aliphatic rings. The molecule has 0 atom stereocenters. The van der Waals surface area contributed by atoms with Gasteiger partial charge in [0.25, 0.3) is 0 Å². The van der Waals surface area contributed by atoms with Crippen LogP contribution in [0, 0.1) is 0 Å². The molecule has 0 aromatic carbocycles. The van der Waals surface area contributed by atoms with Crippen molar-refractivity contribution in [2.45, 2.75) is 19.9 Å². The molecule has 0 radical (unpaired) electrons. The molecular weight excluding hydrogens is 340 g/mol. The molecule has 144 valence electrons. The molecule has 8 heteroatoms. The maximum Gasteiger partial charge on any atom is 0.194 e. The Morgan fingerprint density at radius 3 is 2.85 bits per heavy atom. The molecule has 3 rings (SSSR count). The van der Waals surface area contributed by atoms with Crippen LogP contribution in [-0.2, 0) is 13.0 Å². The Hall–Kier alpha value is -2.90. The summed E-state index contributed by atoms with van der Waals surface area (Å²) in [6.07, 6.45) is 6.35. The zero-order valence-corrected chi connectivity index (χ0v) is 16.0. The second-order valence-electron chi connectivity index (χ2n) is 6.33. The van der Waals surface area contributed by atoms with Gasteiger partial charge in [0.05, 0.1) is 6.54 Å². The maximum atomic E-state index is 4.81. The van der Waals surface area contributed by atoms with Gasteiger partial charge >= 0.3 is 0 Å². The van der Waals surface area contributed by atoms with Crippen LogP contribution in [0.4, 0.5) is 5.82 Å². The molecule has 0 aliphatic carbocycles. The van der Waals surface area contributed by atoms with Crippen molar-refractivity contribution in [1.82, 2.24) is 30.0 Å². The number of hydrogen-bond acceptors (Lipinski definition) is 5. The van der Waals surface area contributed by atoms with Crippen molar-refractivity contribution < 1.29 is 0 Å². The Kier molecular flexibility index (Phi) is 6.78. The Labute approximate surface area is 160 Å². The van der Waals surface area contributed by atoms with Crippen LogP contribution in [0.25, 0.3) is 0 Å². The van der Waals surface area contributed by atoms with Gasteiger partial charge in [0, 0.05) is 51.9 Å². The largest absolute Gasteiger partial charge is 0.353 e. The minimum Gasteiger partial charge on any atom is -0.353 e. The number of aryl methyl sites for hydroxylation is 1. The third kappa shape index (κ3) is 5.06. The number of piperazine rings is 1. The highest BCUT2D eigenvalue weighted by molar-refractivity contribution is 5.80. The first-order chi connectivity index (χ1) is 13.3. The second kappa shape index (κ2) is 9.70. The quantitative estimate of drug-likeness (QED) is 0.450. The van der Waals surface area contributed by atoms with Crippen LogP contribution in [-0.4, -0.2) is 69.9 Å². The molecule has 2 aromatic rings. The molecule has 0 amide bonds. The van der Waals surface area contributed by atoms with Gasteiger partial charge in [-0.25, -0.2) is 4.98 Å². The average Bonchev–Trinajstić information content (AvgIpc) is 3.19. The highest BCUT2D eigenvalue weighted by Crippen LogP contribution is 2.12. The van der Waals surface area contributed by atoms with Crippen LogP contribution >= 0.6 is 0 Å². The minimum atomic E-state index is 0.685. The fraction of sp³-hybridized carbons (Fsp3) is 0.474. The number of nitrogens with zero attached hydrogens (tertiary/aromatic N) is 7. The van der Waals surface area contributed by atoms with Gasteiger partial charge in [0.15, 0.2) is 5.96 Å². The predicted octanol–water partition coefficient (Wildman–Crippen LogP) is 1.19. The Bertz CT molecular complexity index is 731. The van der Waals surface area contributed by atoms with E-state index in [0.717, 1.165) is 56.7 Å². The van der Waals surface area contributed by atoms with E-state index in [2.05, 4.69) is 54.4 Å². The number of guanidine groups is 1. The first-order valence-corrected chi connectivity index (χ1v) is 9.48. The molecule has 1 saturated heterocycles. The molecule has 0 saturated carbocycles. The van der Waals surface area contributed by atoms with Gasteiger partial charge in [0.1, 0.15) is 18.0 Å². The Morgan fingerprint density at radius 2 is 2.15 bits per heavy atom. The lowest BCUT2D eigenvalue weighted by molar-refractivity contribution is 0.372. The van der Waals surface area contributed by atoms with E-state index in [1.54, 1.807) is 6.33 Å². The Morgan fingerprint density at radius 1 is 1.30 bits per heavy atom. The number of aliphatic imine (C=N–C) groups is 1. The van der Waals surface area contributed by atoms with Gasteiger partial charge in [-0.3, -0.25) is 4.99 Å². The first kappa shape index (κ1) is 18.9. The highest BCUT2D eigenvalue weighted by Gasteiger charge is 2.20. The summed E-state index contributed by atoms with van der Waals surface area (Å²) in [6.45, 7) is 11.7. The van der Waals surface area contributed by atoms with Crippen LogP contribution < -0.4 is 10.2 Å². The third-order valence-electron chi connectivity index (χ3n) is 4.57. The average molecular weight is 368 g/mol. The van der Waals surface area contributed by atoms with Crippen molar-refractivity contribution in [3.63, 3.8) is 0 Å². The fourth-order valence-corrected chi connectivity index (χ4v) is 3.12. The number of rotatable bonds is 7. The lowest BCUT2D eigenvalue weighted by Crippen LogP contribution is -2.52. The molecule has 3 heterocycles. The van der Waals surface area contributed by atoms with Crippen LogP contribution in [0.1, 0.15) is 12.7 Å². The molecule has 8 nitrogen and oxygen atoms in total. The molecule has 1 aliphatic heterocycles. The lowest BCUT2D eigenvalue weighted by Gasteiger charge is -2.37. The van der Waals surface area contributed by atoms with E-state index in [1.807, 2.05) is 24.4 Å². The maximum absolute atomic E-state index is 4.81. The monoisotopic (exact) mass is 368 g/mol. The summed E-state index contributed by atoms with van der Waals surface area (Å²) >= 11 is 0. The smallest absolute Gasteiger partial charge is 0.194 e. The van der Waals surface area contributed by atoms with Crippen molar-refractivity contribution in [2.24, 2.45) is 4.99 Å². The third-order valence-corrected chi connectivity index (χ3v) is 4.57. The summed E-state index contributed by atoms with van der Waals surface area (Å²) in [4.78, 5) is 13.9. The zero-order valence-electron chi connectivity index (χ0n) is 16.0. The molecule has 1 fully saturated rings. The normalized spacial score (nSPS) is 15.1. The number of anilines is 1. The fourth-order valence-electron chi connectivity index (χ4n) is 3.12. The van der Waals surface area contributed by atoms with Gasteiger partial charge in [-0.1, -0.05) is 19.1 Å². The van der Waals surface area contributed by atoms with E-state index in [9.17, 15) is 0 Å². The van der Waals surface area contributed by atoms with Gasteiger partial charge in [0.2, 0.25) is 0 Å². The van der Waals surface area contributed by atoms with Crippen molar-refractivity contribution in [1.29, 1.82) is 0 Å². The summed E-state index contributed by atoms with van der Waals surface area (Å²) in [7, 11) is 0. The Balaban J connectivity index is 1.58. The summed E-state index contributed by atoms with van der Waals surface area (Å²) in [5.41, 5.74) is 0. The van der Waals surface area contributed by atoms with E-state index in [-0.39, 0.29) is 0 Å². The molecule has 0 unspecified atom stereocenters. The zero-order chi connectivity index (χ0) is 18.9. The van der Waals surface area contributed by atoms with E-state index < -0.39 is 0 Å². The standard InChI is InChI=1S/C19H28N8/c1-3-8-21-19(22-10-11-27-16-23-24-17(27)4-2)26-14-12-25(13-15-26)18-7-5-6-9-20-18/h3,5-7,9,16H,1,4,8,10-15H2,2H3,(H,21,22). The van der Waals surface area contributed by atoms with Crippen molar-refractivity contribution >= 4 is 11.8 Å².